The smallest absolute Gasteiger partial charge is 0.410 e. The van der Waals surface area contributed by atoms with E-state index in [0.29, 0.717) is 36.8 Å². The summed E-state index contributed by atoms with van der Waals surface area (Å²) in [4.78, 5) is 18.8. The Hall–Kier alpha value is -3.18. The minimum absolute atomic E-state index is 0.0211. The molecule has 2 heterocycles. The molecule has 30 heavy (non-hydrogen) atoms. The van der Waals surface area contributed by atoms with Gasteiger partial charge in [-0.3, -0.25) is 4.90 Å². The largest absolute Gasteiger partial charge is 0.473 e. The lowest BCUT2D eigenvalue weighted by Crippen LogP contribution is -2.50. The van der Waals surface area contributed by atoms with Crippen LogP contribution in [0.3, 0.4) is 0 Å². The van der Waals surface area contributed by atoms with Gasteiger partial charge in [-0.2, -0.15) is 5.26 Å². The van der Waals surface area contributed by atoms with E-state index in [1.807, 2.05) is 32.9 Å². The lowest BCUT2D eigenvalue weighted by atomic mass is 10.1. The van der Waals surface area contributed by atoms with E-state index in [-0.39, 0.29) is 24.3 Å². The van der Waals surface area contributed by atoms with Gasteiger partial charge in [0.25, 0.3) is 0 Å². The Kier molecular flexibility index (Phi) is 6.53. The number of carbonyl (C=O) groups excluding carboxylic acids is 1. The van der Waals surface area contributed by atoms with Crippen molar-refractivity contribution in [3.05, 3.63) is 59.0 Å². The van der Waals surface area contributed by atoms with E-state index in [1.165, 1.54) is 18.2 Å². The maximum Gasteiger partial charge on any atom is 0.410 e. The van der Waals surface area contributed by atoms with Gasteiger partial charge in [-0.25, -0.2) is 14.2 Å². The lowest BCUT2D eigenvalue weighted by molar-refractivity contribution is 0.0112. The van der Waals surface area contributed by atoms with E-state index >= 15 is 0 Å². The Bertz CT molecular complexity index is 952. The van der Waals surface area contributed by atoms with Crippen LogP contribution in [0, 0.1) is 17.1 Å². The highest BCUT2D eigenvalue weighted by Gasteiger charge is 2.32. The average molecular weight is 412 g/mol. The van der Waals surface area contributed by atoms with Gasteiger partial charge in [-0.1, -0.05) is 12.1 Å². The lowest BCUT2D eigenvalue weighted by Gasteiger charge is -2.36. The number of ether oxygens (including phenoxy) is 2. The first-order valence-electron chi connectivity index (χ1n) is 9.75. The molecule has 1 saturated heterocycles. The molecule has 0 aliphatic carbocycles. The van der Waals surface area contributed by atoms with E-state index in [2.05, 4.69) is 10.3 Å². The summed E-state index contributed by atoms with van der Waals surface area (Å²) in [5.74, 6) is -0.177. The molecule has 1 amide bonds. The van der Waals surface area contributed by atoms with Gasteiger partial charge in [0.15, 0.2) is 0 Å². The SMILES string of the molecule is CC(C)(C)OC(=O)N1CCNCC1c1cccc(OCc2ccc(C#N)cc2F)n1. The van der Waals surface area contributed by atoms with E-state index in [1.54, 1.807) is 17.0 Å². The van der Waals surface area contributed by atoms with Crippen molar-refractivity contribution in [2.24, 2.45) is 0 Å². The van der Waals surface area contributed by atoms with Crippen LogP contribution in [0.2, 0.25) is 0 Å². The fraction of sp³-hybridized carbons (Fsp3) is 0.409. The summed E-state index contributed by atoms with van der Waals surface area (Å²) in [5, 5.41) is 12.1. The molecule has 3 rings (SSSR count). The summed E-state index contributed by atoms with van der Waals surface area (Å²) >= 11 is 0. The van der Waals surface area contributed by atoms with Crippen LogP contribution < -0.4 is 10.1 Å². The number of carbonyl (C=O) groups is 1. The van der Waals surface area contributed by atoms with Gasteiger partial charge in [0, 0.05) is 31.3 Å². The summed E-state index contributed by atoms with van der Waals surface area (Å²) in [6.07, 6.45) is -0.387. The number of benzene rings is 1. The zero-order valence-electron chi connectivity index (χ0n) is 17.3. The van der Waals surface area contributed by atoms with Crippen LogP contribution in [0.1, 0.15) is 43.6 Å². The normalized spacial score (nSPS) is 16.6. The molecule has 7 nitrogen and oxygen atoms in total. The highest BCUT2D eigenvalue weighted by Crippen LogP contribution is 2.25. The zero-order chi connectivity index (χ0) is 21.7. The number of hydrogen-bond acceptors (Lipinski definition) is 6. The highest BCUT2D eigenvalue weighted by atomic mass is 19.1. The van der Waals surface area contributed by atoms with Crippen LogP contribution in [0.4, 0.5) is 9.18 Å². The number of amides is 1. The van der Waals surface area contributed by atoms with Gasteiger partial charge in [0.2, 0.25) is 5.88 Å². The van der Waals surface area contributed by atoms with Gasteiger partial charge in [0.05, 0.1) is 23.4 Å². The number of nitriles is 1. The minimum atomic E-state index is -0.587. The molecule has 2 aromatic rings. The second kappa shape index (κ2) is 9.09. The summed E-state index contributed by atoms with van der Waals surface area (Å²) in [6.45, 7) is 7.19. The quantitative estimate of drug-likeness (QED) is 0.826. The molecule has 0 radical (unpaired) electrons. The fourth-order valence-electron chi connectivity index (χ4n) is 3.09. The Labute approximate surface area is 175 Å². The highest BCUT2D eigenvalue weighted by molar-refractivity contribution is 5.69. The predicted octanol–water partition coefficient (Wildman–Crippen LogP) is 3.55. The van der Waals surface area contributed by atoms with Crippen LogP contribution in [0.5, 0.6) is 5.88 Å². The fourth-order valence-corrected chi connectivity index (χ4v) is 3.09. The van der Waals surface area contributed by atoms with Crippen molar-refractivity contribution in [2.75, 3.05) is 19.6 Å². The molecule has 0 bridgehead atoms. The topological polar surface area (TPSA) is 87.5 Å². The van der Waals surface area contributed by atoms with Gasteiger partial charge < -0.3 is 14.8 Å². The van der Waals surface area contributed by atoms with Crippen molar-refractivity contribution >= 4 is 6.09 Å². The van der Waals surface area contributed by atoms with E-state index in [0.717, 1.165) is 0 Å². The van der Waals surface area contributed by atoms with Crippen molar-refractivity contribution in [2.45, 2.75) is 39.0 Å². The minimum Gasteiger partial charge on any atom is -0.473 e. The third-order valence-electron chi connectivity index (χ3n) is 4.52. The van der Waals surface area contributed by atoms with E-state index < -0.39 is 11.4 Å². The van der Waals surface area contributed by atoms with Gasteiger partial charge in [0.1, 0.15) is 18.0 Å². The Morgan fingerprint density at radius 1 is 1.37 bits per heavy atom. The number of halogens is 1. The number of piperazine rings is 1. The summed E-state index contributed by atoms with van der Waals surface area (Å²) in [7, 11) is 0. The van der Waals surface area contributed by atoms with Crippen LogP contribution in [-0.4, -0.2) is 41.2 Å². The Balaban J connectivity index is 1.73. The van der Waals surface area contributed by atoms with Crippen molar-refractivity contribution in [3.8, 4) is 11.9 Å². The molecule has 1 unspecified atom stereocenters. The zero-order valence-corrected chi connectivity index (χ0v) is 17.3. The van der Waals surface area contributed by atoms with Crippen LogP contribution in [0.25, 0.3) is 0 Å². The standard InChI is InChI=1S/C22H25FN4O3/c1-22(2,3)30-21(28)27-10-9-25-13-19(27)18-5-4-6-20(26-18)29-14-16-8-7-15(12-24)11-17(16)23/h4-8,11,19,25H,9-10,13-14H2,1-3H3. The molecule has 0 saturated carbocycles. The number of pyridine rings is 1. The average Bonchev–Trinajstić information content (AvgIpc) is 2.72. The number of nitrogens with zero attached hydrogens (tertiary/aromatic N) is 3. The molecule has 8 heteroatoms. The third kappa shape index (κ3) is 5.45. The molecule has 1 aromatic heterocycles. The molecule has 1 aliphatic rings. The second-order valence-corrected chi connectivity index (χ2v) is 8.00. The first-order valence-corrected chi connectivity index (χ1v) is 9.75. The van der Waals surface area contributed by atoms with Crippen LogP contribution in [0.15, 0.2) is 36.4 Å². The van der Waals surface area contributed by atoms with Gasteiger partial charge >= 0.3 is 6.09 Å². The maximum atomic E-state index is 14.1. The number of rotatable bonds is 4. The molecule has 158 valence electrons. The van der Waals surface area contributed by atoms with Gasteiger partial charge in [-0.05, 0) is 39.0 Å². The number of aromatic nitrogens is 1. The van der Waals surface area contributed by atoms with Crippen molar-refractivity contribution in [1.82, 2.24) is 15.2 Å². The summed E-state index contributed by atoms with van der Waals surface area (Å²) in [5.41, 5.74) is 0.654. The second-order valence-electron chi connectivity index (χ2n) is 8.00. The van der Waals surface area contributed by atoms with Crippen LogP contribution >= 0.6 is 0 Å². The Morgan fingerprint density at radius 2 is 2.17 bits per heavy atom. The monoisotopic (exact) mass is 412 g/mol. The summed E-state index contributed by atoms with van der Waals surface area (Å²) < 4.78 is 25.3. The van der Waals surface area contributed by atoms with Crippen molar-refractivity contribution in [1.29, 1.82) is 5.26 Å². The first-order chi connectivity index (χ1) is 14.3. The molecule has 1 atom stereocenters. The Morgan fingerprint density at radius 3 is 2.87 bits per heavy atom. The molecule has 1 N–H and O–H groups in total. The first kappa shape index (κ1) is 21.5. The molecule has 0 spiro atoms. The summed E-state index contributed by atoms with van der Waals surface area (Å²) in [6, 6.07) is 11.1. The number of nitrogens with one attached hydrogen (secondary N) is 1. The molecule has 1 aliphatic heterocycles. The van der Waals surface area contributed by atoms with E-state index in [9.17, 15) is 9.18 Å². The van der Waals surface area contributed by atoms with E-state index in [4.69, 9.17) is 14.7 Å². The van der Waals surface area contributed by atoms with Crippen molar-refractivity contribution in [3.63, 3.8) is 0 Å². The molecule has 1 fully saturated rings. The molecular weight excluding hydrogens is 387 g/mol. The molecular formula is C22H25FN4O3. The predicted molar refractivity (Wildman–Crippen MR) is 108 cm³/mol. The number of hydrogen-bond donors (Lipinski definition) is 1. The maximum absolute atomic E-state index is 14.1. The van der Waals surface area contributed by atoms with Gasteiger partial charge in [-0.15, -0.1) is 0 Å². The molecule has 1 aromatic carbocycles. The third-order valence-corrected chi connectivity index (χ3v) is 4.52. The van der Waals surface area contributed by atoms with Crippen molar-refractivity contribution < 1.29 is 18.7 Å². The van der Waals surface area contributed by atoms with Crippen LogP contribution in [-0.2, 0) is 11.3 Å².